The quantitative estimate of drug-likeness (QED) is 0.774. The normalized spacial score (nSPS) is 14.0. The van der Waals surface area contributed by atoms with Crippen LogP contribution in [0.25, 0.3) is 0 Å². The first-order valence-electron chi connectivity index (χ1n) is 5.94. The maximum Gasteiger partial charge on any atom is 0.117 e. The predicted molar refractivity (Wildman–Crippen MR) is 65.3 cm³/mol. The van der Waals surface area contributed by atoms with E-state index in [2.05, 4.69) is 33.0 Å². The lowest BCUT2D eigenvalue weighted by Crippen LogP contribution is -2.34. The number of nitrogens with one attached hydrogen (secondary N) is 1. The highest BCUT2D eigenvalue weighted by molar-refractivity contribution is 4.97. The fourth-order valence-corrected chi connectivity index (χ4v) is 1.48. The van der Waals surface area contributed by atoms with Crippen molar-refractivity contribution in [2.24, 2.45) is 0 Å². The van der Waals surface area contributed by atoms with Gasteiger partial charge in [-0.05, 0) is 39.3 Å². The molecule has 0 amide bonds. The molecule has 3 nitrogen and oxygen atoms in total. The van der Waals surface area contributed by atoms with E-state index in [4.69, 9.17) is 9.15 Å². The summed E-state index contributed by atoms with van der Waals surface area (Å²) in [4.78, 5) is 0. The molecule has 0 aliphatic carbocycles. The standard InChI is InChI=1S/C13H23NO2/c1-5-13(3,4)16-11(2)9-14-10-12-7-6-8-15-12/h6-8,11,14H,5,9-10H2,1-4H3. The number of hydrogen-bond donors (Lipinski definition) is 1. The first kappa shape index (κ1) is 13.3. The maximum atomic E-state index is 5.91. The van der Waals surface area contributed by atoms with E-state index >= 15 is 0 Å². The summed E-state index contributed by atoms with van der Waals surface area (Å²) in [5.74, 6) is 0.960. The van der Waals surface area contributed by atoms with Crippen molar-refractivity contribution in [3.63, 3.8) is 0 Å². The molecule has 1 aromatic heterocycles. The summed E-state index contributed by atoms with van der Waals surface area (Å²) in [6, 6.07) is 3.87. The van der Waals surface area contributed by atoms with Crippen LogP contribution in [0.5, 0.6) is 0 Å². The third kappa shape index (κ3) is 4.81. The van der Waals surface area contributed by atoms with Gasteiger partial charge in [-0.25, -0.2) is 0 Å². The molecule has 3 heteroatoms. The van der Waals surface area contributed by atoms with E-state index in [1.54, 1.807) is 6.26 Å². The molecule has 1 atom stereocenters. The van der Waals surface area contributed by atoms with Gasteiger partial charge in [0, 0.05) is 6.54 Å². The zero-order valence-electron chi connectivity index (χ0n) is 10.7. The monoisotopic (exact) mass is 225 g/mol. The first-order chi connectivity index (χ1) is 7.53. The molecule has 1 heterocycles. The largest absolute Gasteiger partial charge is 0.468 e. The molecule has 0 saturated carbocycles. The average molecular weight is 225 g/mol. The van der Waals surface area contributed by atoms with E-state index in [0.29, 0.717) is 0 Å². The van der Waals surface area contributed by atoms with Crippen molar-refractivity contribution in [1.29, 1.82) is 0 Å². The van der Waals surface area contributed by atoms with Gasteiger partial charge in [0.2, 0.25) is 0 Å². The van der Waals surface area contributed by atoms with Crippen LogP contribution in [-0.2, 0) is 11.3 Å². The highest BCUT2D eigenvalue weighted by atomic mass is 16.5. The molecule has 0 aromatic carbocycles. The summed E-state index contributed by atoms with van der Waals surface area (Å²) < 4.78 is 11.1. The Labute approximate surface area is 98.2 Å². The lowest BCUT2D eigenvalue weighted by atomic mass is 10.1. The number of hydrogen-bond acceptors (Lipinski definition) is 3. The minimum Gasteiger partial charge on any atom is -0.468 e. The van der Waals surface area contributed by atoms with E-state index < -0.39 is 0 Å². The van der Waals surface area contributed by atoms with Crippen LogP contribution in [0.15, 0.2) is 22.8 Å². The van der Waals surface area contributed by atoms with Gasteiger partial charge in [0.1, 0.15) is 5.76 Å². The number of rotatable bonds is 7. The topological polar surface area (TPSA) is 34.4 Å². The Bertz CT molecular complexity index is 280. The summed E-state index contributed by atoms with van der Waals surface area (Å²) in [5.41, 5.74) is -0.0359. The Hall–Kier alpha value is -0.800. The van der Waals surface area contributed by atoms with E-state index in [0.717, 1.165) is 25.3 Å². The summed E-state index contributed by atoms with van der Waals surface area (Å²) in [5, 5.41) is 3.32. The molecule has 0 fully saturated rings. The highest BCUT2D eigenvalue weighted by Gasteiger charge is 2.18. The molecule has 0 spiro atoms. The fourth-order valence-electron chi connectivity index (χ4n) is 1.48. The van der Waals surface area contributed by atoms with Gasteiger partial charge in [0.15, 0.2) is 0 Å². The van der Waals surface area contributed by atoms with Crippen LogP contribution in [0, 0.1) is 0 Å². The third-order valence-corrected chi connectivity index (χ3v) is 2.68. The Kier molecular flexibility index (Phi) is 5.03. The van der Waals surface area contributed by atoms with Gasteiger partial charge < -0.3 is 14.5 Å². The zero-order valence-corrected chi connectivity index (χ0v) is 10.7. The SMILES string of the molecule is CCC(C)(C)OC(C)CNCc1ccco1. The first-order valence-corrected chi connectivity index (χ1v) is 5.94. The van der Waals surface area contributed by atoms with Gasteiger partial charge in [-0.3, -0.25) is 0 Å². The second-order valence-corrected chi connectivity index (χ2v) is 4.75. The van der Waals surface area contributed by atoms with Gasteiger partial charge in [0.25, 0.3) is 0 Å². The molecule has 1 N–H and O–H groups in total. The van der Waals surface area contributed by atoms with Crippen molar-refractivity contribution in [3.8, 4) is 0 Å². The highest BCUT2D eigenvalue weighted by Crippen LogP contribution is 2.15. The average Bonchev–Trinajstić information content (AvgIpc) is 2.70. The lowest BCUT2D eigenvalue weighted by Gasteiger charge is -2.28. The van der Waals surface area contributed by atoms with Crippen LogP contribution in [0.2, 0.25) is 0 Å². The number of ether oxygens (including phenoxy) is 1. The second kappa shape index (κ2) is 6.06. The molecule has 0 radical (unpaired) electrons. The van der Waals surface area contributed by atoms with Gasteiger partial charge in [-0.15, -0.1) is 0 Å². The Morgan fingerprint density at radius 1 is 1.50 bits per heavy atom. The van der Waals surface area contributed by atoms with Crippen molar-refractivity contribution in [1.82, 2.24) is 5.32 Å². The van der Waals surface area contributed by atoms with Crippen LogP contribution >= 0.6 is 0 Å². The maximum absolute atomic E-state index is 5.91. The van der Waals surface area contributed by atoms with Gasteiger partial charge in [0.05, 0.1) is 24.5 Å². The molecule has 16 heavy (non-hydrogen) atoms. The Morgan fingerprint density at radius 3 is 2.81 bits per heavy atom. The molecule has 1 rings (SSSR count). The summed E-state index contributed by atoms with van der Waals surface area (Å²) >= 11 is 0. The van der Waals surface area contributed by atoms with Gasteiger partial charge in [-0.2, -0.15) is 0 Å². The third-order valence-electron chi connectivity index (χ3n) is 2.68. The van der Waals surface area contributed by atoms with Crippen LogP contribution in [0.3, 0.4) is 0 Å². The van der Waals surface area contributed by atoms with Crippen molar-refractivity contribution in [2.45, 2.75) is 52.4 Å². The Morgan fingerprint density at radius 2 is 2.25 bits per heavy atom. The summed E-state index contributed by atoms with van der Waals surface area (Å²) in [6.45, 7) is 10.1. The van der Waals surface area contributed by atoms with Crippen molar-refractivity contribution < 1.29 is 9.15 Å². The zero-order chi connectivity index (χ0) is 12.0. The summed E-state index contributed by atoms with van der Waals surface area (Å²) in [7, 11) is 0. The lowest BCUT2D eigenvalue weighted by molar-refractivity contribution is -0.0642. The molecule has 0 bridgehead atoms. The summed E-state index contributed by atoms with van der Waals surface area (Å²) in [6.07, 6.45) is 2.93. The molecule has 1 unspecified atom stereocenters. The minimum absolute atomic E-state index is 0.0359. The van der Waals surface area contributed by atoms with Crippen LogP contribution in [0.4, 0.5) is 0 Å². The smallest absolute Gasteiger partial charge is 0.117 e. The molecule has 92 valence electrons. The molecule has 0 aliphatic rings. The Balaban J connectivity index is 2.18. The van der Waals surface area contributed by atoms with E-state index in [1.807, 2.05) is 12.1 Å². The molecular weight excluding hydrogens is 202 g/mol. The van der Waals surface area contributed by atoms with Crippen molar-refractivity contribution in [3.05, 3.63) is 24.2 Å². The molecule has 0 saturated heterocycles. The van der Waals surface area contributed by atoms with Crippen molar-refractivity contribution >= 4 is 0 Å². The second-order valence-electron chi connectivity index (χ2n) is 4.75. The molecule has 1 aromatic rings. The van der Waals surface area contributed by atoms with Gasteiger partial charge in [-0.1, -0.05) is 6.92 Å². The van der Waals surface area contributed by atoms with Crippen LogP contribution in [-0.4, -0.2) is 18.2 Å². The fraction of sp³-hybridized carbons (Fsp3) is 0.692. The van der Waals surface area contributed by atoms with Crippen LogP contribution in [0.1, 0.15) is 39.9 Å². The molecule has 0 aliphatic heterocycles. The minimum atomic E-state index is -0.0359. The van der Waals surface area contributed by atoms with Crippen LogP contribution < -0.4 is 5.32 Å². The van der Waals surface area contributed by atoms with Gasteiger partial charge >= 0.3 is 0 Å². The van der Waals surface area contributed by atoms with Crippen molar-refractivity contribution in [2.75, 3.05) is 6.54 Å². The van der Waals surface area contributed by atoms with E-state index in [9.17, 15) is 0 Å². The van der Waals surface area contributed by atoms with E-state index in [-0.39, 0.29) is 11.7 Å². The predicted octanol–water partition coefficient (Wildman–Crippen LogP) is 2.96. The number of furan rings is 1. The molecular formula is C13H23NO2. The van der Waals surface area contributed by atoms with E-state index in [1.165, 1.54) is 0 Å².